The zero-order valence-corrected chi connectivity index (χ0v) is 18.1. The van der Waals surface area contributed by atoms with Gasteiger partial charge in [0.25, 0.3) is 0 Å². The number of carbonyl (C=O) groups excluding carboxylic acids is 3. The minimum atomic E-state index is -0.453. The van der Waals surface area contributed by atoms with Gasteiger partial charge < -0.3 is 10.1 Å². The molecule has 0 bridgehead atoms. The first-order valence-electron chi connectivity index (χ1n) is 9.43. The van der Waals surface area contributed by atoms with Crippen LogP contribution in [-0.4, -0.2) is 24.3 Å². The number of nitrogens with one attached hydrogen (secondary N) is 1. The number of aryl methyl sites for hydroxylation is 2. The molecule has 1 N–H and O–H groups in total. The molecule has 0 radical (unpaired) electrons. The Morgan fingerprint density at radius 1 is 1.07 bits per heavy atom. The maximum Gasteiger partial charge on any atom is 0.348 e. The topological polar surface area (TPSA) is 72.5 Å². The largest absolute Gasteiger partial charge is 0.453 e. The van der Waals surface area contributed by atoms with Crippen LogP contribution >= 0.6 is 22.7 Å². The molecule has 5 nitrogen and oxygen atoms in total. The molecule has 28 heavy (non-hydrogen) atoms. The molecule has 1 amide bonds. The molecular formula is C21H25NO4S2. The van der Waals surface area contributed by atoms with Crippen LogP contribution in [0.15, 0.2) is 18.2 Å². The van der Waals surface area contributed by atoms with Crippen LogP contribution in [0.1, 0.15) is 68.3 Å². The lowest BCUT2D eigenvalue weighted by Gasteiger charge is -2.17. The second kappa shape index (κ2) is 8.57. The van der Waals surface area contributed by atoms with Crippen LogP contribution in [0, 0.1) is 5.41 Å². The molecular weight excluding hydrogens is 394 g/mol. The second-order valence-electron chi connectivity index (χ2n) is 7.96. The predicted molar refractivity (Wildman–Crippen MR) is 111 cm³/mol. The van der Waals surface area contributed by atoms with Crippen molar-refractivity contribution < 1.29 is 19.1 Å². The number of thiophene rings is 2. The van der Waals surface area contributed by atoms with Crippen molar-refractivity contribution in [1.29, 1.82) is 0 Å². The van der Waals surface area contributed by atoms with Crippen LogP contribution in [0.25, 0.3) is 0 Å². The molecule has 150 valence electrons. The number of amides is 1. The van der Waals surface area contributed by atoms with Crippen LogP contribution in [0.5, 0.6) is 0 Å². The molecule has 0 atom stereocenters. The number of carbonyl (C=O) groups is 3. The van der Waals surface area contributed by atoms with Gasteiger partial charge in [-0.2, -0.15) is 0 Å². The van der Waals surface area contributed by atoms with Crippen LogP contribution < -0.4 is 5.32 Å². The first-order valence-corrected chi connectivity index (χ1v) is 11.1. The summed E-state index contributed by atoms with van der Waals surface area (Å²) in [4.78, 5) is 39.8. The Labute approximate surface area is 173 Å². The quantitative estimate of drug-likeness (QED) is 0.557. The summed E-state index contributed by atoms with van der Waals surface area (Å²) in [7, 11) is 0. The van der Waals surface area contributed by atoms with Gasteiger partial charge in [0.15, 0.2) is 6.61 Å². The Bertz CT molecular complexity index is 865. The summed E-state index contributed by atoms with van der Waals surface area (Å²) in [6.45, 7) is 5.67. The summed E-state index contributed by atoms with van der Waals surface area (Å²) in [6, 6.07) is 5.44. The van der Waals surface area contributed by atoms with Gasteiger partial charge >= 0.3 is 5.97 Å². The lowest BCUT2D eigenvalue weighted by Crippen LogP contribution is -2.34. The summed E-state index contributed by atoms with van der Waals surface area (Å²) in [6.07, 6.45) is 4.36. The average Bonchev–Trinajstić information content (AvgIpc) is 3.29. The van der Waals surface area contributed by atoms with Crippen molar-refractivity contribution in [3.8, 4) is 0 Å². The Balaban J connectivity index is 1.51. The molecule has 0 saturated heterocycles. The van der Waals surface area contributed by atoms with E-state index in [1.807, 2.05) is 32.9 Å². The molecule has 0 unspecified atom stereocenters. The van der Waals surface area contributed by atoms with Gasteiger partial charge in [0.2, 0.25) is 11.7 Å². The van der Waals surface area contributed by atoms with Gasteiger partial charge in [0.1, 0.15) is 4.88 Å². The standard InChI is InChI=1S/C21H25NO4S2/c1-21(2,3)20(25)22-11-14-8-9-17(27-14)15(23)12-26-19(24)18-10-13-6-4-5-7-16(13)28-18/h8-10H,4-7,11-12H2,1-3H3,(H,22,25). The van der Waals surface area contributed by atoms with Crippen molar-refractivity contribution in [3.05, 3.63) is 43.3 Å². The molecule has 2 aromatic heterocycles. The lowest BCUT2D eigenvalue weighted by atomic mass is 9.96. The molecule has 0 spiro atoms. The average molecular weight is 420 g/mol. The van der Waals surface area contributed by atoms with Gasteiger partial charge in [-0.15, -0.1) is 22.7 Å². The molecule has 0 fully saturated rings. The zero-order valence-electron chi connectivity index (χ0n) is 16.4. The molecule has 0 aromatic carbocycles. The highest BCUT2D eigenvalue weighted by Crippen LogP contribution is 2.30. The fourth-order valence-electron chi connectivity index (χ4n) is 2.92. The van der Waals surface area contributed by atoms with E-state index in [0.29, 0.717) is 16.3 Å². The Morgan fingerprint density at radius 3 is 2.54 bits per heavy atom. The van der Waals surface area contributed by atoms with Crippen molar-refractivity contribution in [1.82, 2.24) is 5.32 Å². The molecule has 0 saturated carbocycles. The van der Waals surface area contributed by atoms with Gasteiger partial charge in [-0.05, 0) is 49.4 Å². The fraction of sp³-hybridized carbons (Fsp3) is 0.476. The Morgan fingerprint density at radius 2 is 1.82 bits per heavy atom. The third-order valence-corrected chi connectivity index (χ3v) is 6.92. The van der Waals surface area contributed by atoms with Gasteiger partial charge in [-0.25, -0.2) is 4.79 Å². The van der Waals surface area contributed by atoms with Crippen molar-refractivity contribution in [2.45, 2.75) is 53.0 Å². The number of hydrogen-bond donors (Lipinski definition) is 1. The van der Waals surface area contributed by atoms with Crippen molar-refractivity contribution in [2.24, 2.45) is 5.41 Å². The lowest BCUT2D eigenvalue weighted by molar-refractivity contribution is -0.128. The summed E-state index contributed by atoms with van der Waals surface area (Å²) < 4.78 is 5.23. The van der Waals surface area contributed by atoms with E-state index in [1.54, 1.807) is 6.07 Å². The Hall–Kier alpha value is -1.99. The van der Waals surface area contributed by atoms with E-state index in [9.17, 15) is 14.4 Å². The van der Waals surface area contributed by atoms with Crippen LogP contribution in [0.3, 0.4) is 0 Å². The van der Waals surface area contributed by atoms with Crippen LogP contribution in [0.4, 0.5) is 0 Å². The SMILES string of the molecule is CC(C)(C)C(=O)NCc1ccc(C(=O)COC(=O)c2cc3c(s2)CCCC3)s1. The monoisotopic (exact) mass is 419 g/mol. The highest BCUT2D eigenvalue weighted by molar-refractivity contribution is 7.14. The van der Waals surface area contributed by atoms with E-state index in [-0.39, 0.29) is 18.3 Å². The first kappa shape index (κ1) is 20.7. The molecule has 7 heteroatoms. The molecule has 1 aliphatic rings. The van der Waals surface area contributed by atoms with Gasteiger partial charge in [-0.1, -0.05) is 20.8 Å². The highest BCUT2D eigenvalue weighted by atomic mass is 32.1. The minimum Gasteiger partial charge on any atom is -0.453 e. The highest BCUT2D eigenvalue weighted by Gasteiger charge is 2.22. The van der Waals surface area contributed by atoms with Gasteiger partial charge in [0, 0.05) is 15.2 Å². The van der Waals surface area contributed by atoms with E-state index in [0.717, 1.165) is 30.6 Å². The molecule has 0 aliphatic heterocycles. The summed E-state index contributed by atoms with van der Waals surface area (Å²) in [5, 5.41) is 2.86. The number of ketones is 1. The third-order valence-electron chi connectivity index (χ3n) is 4.57. The van der Waals surface area contributed by atoms with E-state index < -0.39 is 11.4 Å². The number of rotatable bonds is 6. The predicted octanol–water partition coefficient (Wildman–Crippen LogP) is 4.39. The van der Waals surface area contributed by atoms with Crippen LogP contribution in [-0.2, 0) is 28.9 Å². The van der Waals surface area contributed by atoms with Crippen LogP contribution in [0.2, 0.25) is 0 Å². The first-order chi connectivity index (χ1) is 13.2. The van der Waals surface area contributed by atoms with Crippen molar-refractivity contribution >= 4 is 40.3 Å². The summed E-state index contributed by atoms with van der Waals surface area (Å²) in [5.74, 6) is -0.698. The van der Waals surface area contributed by atoms with E-state index in [4.69, 9.17) is 4.74 Å². The maximum absolute atomic E-state index is 12.3. The van der Waals surface area contributed by atoms with Gasteiger partial charge in [-0.3, -0.25) is 9.59 Å². The number of Topliss-reactive ketones (excluding diaryl/α,β-unsaturated/α-hetero) is 1. The van der Waals surface area contributed by atoms with Crippen molar-refractivity contribution in [3.63, 3.8) is 0 Å². The number of fused-ring (bicyclic) bond motifs is 1. The molecule has 2 heterocycles. The second-order valence-corrected chi connectivity index (χ2v) is 10.3. The normalized spacial score (nSPS) is 13.7. The minimum absolute atomic E-state index is 0.0404. The van der Waals surface area contributed by atoms with E-state index in [2.05, 4.69) is 5.32 Å². The number of esters is 1. The van der Waals surface area contributed by atoms with E-state index >= 15 is 0 Å². The van der Waals surface area contributed by atoms with E-state index in [1.165, 1.54) is 33.1 Å². The third kappa shape index (κ3) is 5.08. The summed E-state index contributed by atoms with van der Waals surface area (Å²) in [5.41, 5.74) is 0.792. The van der Waals surface area contributed by atoms with Gasteiger partial charge in [0.05, 0.1) is 11.4 Å². The molecule has 3 rings (SSSR count). The maximum atomic E-state index is 12.3. The smallest absolute Gasteiger partial charge is 0.348 e. The van der Waals surface area contributed by atoms with Crippen molar-refractivity contribution in [2.75, 3.05) is 6.61 Å². The Kier molecular flexibility index (Phi) is 6.35. The zero-order chi connectivity index (χ0) is 20.3. The molecule has 2 aromatic rings. The number of hydrogen-bond acceptors (Lipinski definition) is 6. The molecule has 1 aliphatic carbocycles. The summed E-state index contributed by atoms with van der Waals surface area (Å²) >= 11 is 2.79. The fourth-order valence-corrected chi connectivity index (χ4v) is 4.94. The number of ether oxygens (including phenoxy) is 1.